The van der Waals surface area contributed by atoms with Crippen molar-refractivity contribution < 1.29 is 14.3 Å². The lowest BCUT2D eigenvalue weighted by atomic mass is 10.1. The zero-order valence-electron chi connectivity index (χ0n) is 13.2. The number of hydrogen-bond acceptors (Lipinski definition) is 2. The van der Waals surface area contributed by atoms with Gasteiger partial charge in [-0.05, 0) is 36.2 Å². The predicted molar refractivity (Wildman–Crippen MR) is 99.1 cm³/mol. The molecule has 0 bridgehead atoms. The fraction of sp³-hybridized carbons (Fsp3) is 0.167. The number of rotatable bonds is 5. The molecule has 0 aliphatic rings. The van der Waals surface area contributed by atoms with Gasteiger partial charge in [0.1, 0.15) is 5.82 Å². The van der Waals surface area contributed by atoms with Crippen LogP contribution in [0.2, 0.25) is 0 Å². The van der Waals surface area contributed by atoms with E-state index in [0.717, 1.165) is 16.5 Å². The van der Waals surface area contributed by atoms with Gasteiger partial charge in [0.2, 0.25) is 0 Å². The fourth-order valence-electron chi connectivity index (χ4n) is 2.66. The van der Waals surface area contributed by atoms with Gasteiger partial charge in [0, 0.05) is 21.6 Å². The molecule has 4 N–H and O–H groups in total. The highest BCUT2D eigenvalue weighted by Crippen LogP contribution is 2.21. The topological polar surface area (TPSA) is 77.2 Å². The lowest BCUT2D eigenvalue weighted by Gasteiger charge is -2.17. The lowest BCUT2D eigenvalue weighted by Crippen LogP contribution is -2.41. The fourth-order valence-corrected chi connectivity index (χ4v) is 3.03. The highest BCUT2D eigenvalue weighted by atomic mass is 79.9. The standard InChI is InChI=1S/C18H17BrFN3O2/c19-12-5-6-15(20)17(8-12)23-18(25)22-13(10-24)7-11-9-21-16-4-2-1-3-14(11)16/h1-6,8-9,13,21,24H,7,10H2,(H2,22,23,25). The number of carbonyl (C=O) groups is 1. The number of fused-ring (bicyclic) bond motifs is 1. The molecule has 2 aromatic carbocycles. The average Bonchev–Trinajstić information content (AvgIpc) is 3.00. The maximum absolute atomic E-state index is 13.7. The van der Waals surface area contributed by atoms with E-state index in [0.29, 0.717) is 10.9 Å². The molecule has 1 aromatic heterocycles. The van der Waals surface area contributed by atoms with E-state index in [4.69, 9.17) is 0 Å². The smallest absolute Gasteiger partial charge is 0.319 e. The van der Waals surface area contributed by atoms with Gasteiger partial charge in [-0.3, -0.25) is 0 Å². The first-order valence-corrected chi connectivity index (χ1v) is 8.54. The van der Waals surface area contributed by atoms with Crippen molar-refractivity contribution in [3.05, 3.63) is 64.5 Å². The van der Waals surface area contributed by atoms with E-state index in [2.05, 4.69) is 31.5 Å². The highest BCUT2D eigenvalue weighted by Gasteiger charge is 2.15. The van der Waals surface area contributed by atoms with Gasteiger partial charge in [0.25, 0.3) is 0 Å². The SMILES string of the molecule is O=C(Nc1cc(Br)ccc1F)NC(CO)Cc1c[nH]c2ccccc12. The van der Waals surface area contributed by atoms with Crippen LogP contribution >= 0.6 is 15.9 Å². The van der Waals surface area contributed by atoms with Crippen molar-refractivity contribution in [2.24, 2.45) is 0 Å². The Morgan fingerprint density at radius 1 is 1.28 bits per heavy atom. The number of hydrogen-bond donors (Lipinski definition) is 4. The van der Waals surface area contributed by atoms with Crippen molar-refractivity contribution in [2.75, 3.05) is 11.9 Å². The number of urea groups is 1. The number of benzene rings is 2. The molecule has 1 atom stereocenters. The van der Waals surface area contributed by atoms with Crippen molar-refractivity contribution in [3.8, 4) is 0 Å². The van der Waals surface area contributed by atoms with Crippen LogP contribution in [-0.4, -0.2) is 28.8 Å². The molecule has 0 aliphatic carbocycles. The molecule has 0 spiro atoms. The molecule has 5 nitrogen and oxygen atoms in total. The molecule has 7 heteroatoms. The second-order valence-electron chi connectivity index (χ2n) is 5.67. The van der Waals surface area contributed by atoms with Gasteiger partial charge in [-0.2, -0.15) is 0 Å². The number of para-hydroxylation sites is 1. The summed E-state index contributed by atoms with van der Waals surface area (Å²) in [6, 6.07) is 11.0. The third-order valence-electron chi connectivity index (χ3n) is 3.87. The van der Waals surface area contributed by atoms with Crippen LogP contribution in [0.4, 0.5) is 14.9 Å². The Morgan fingerprint density at radius 3 is 2.88 bits per heavy atom. The molecule has 130 valence electrons. The Hall–Kier alpha value is -2.38. The van der Waals surface area contributed by atoms with Crippen LogP contribution in [-0.2, 0) is 6.42 Å². The number of nitrogens with one attached hydrogen (secondary N) is 3. The number of amides is 2. The van der Waals surface area contributed by atoms with Gasteiger partial charge in [-0.1, -0.05) is 34.1 Å². The van der Waals surface area contributed by atoms with Crippen LogP contribution in [0.15, 0.2) is 53.1 Å². The largest absolute Gasteiger partial charge is 0.394 e. The van der Waals surface area contributed by atoms with Gasteiger partial charge in [0.15, 0.2) is 0 Å². The number of H-pyrrole nitrogens is 1. The number of aliphatic hydroxyl groups is 1. The van der Waals surface area contributed by atoms with Crippen molar-refractivity contribution in [2.45, 2.75) is 12.5 Å². The molecule has 25 heavy (non-hydrogen) atoms. The van der Waals surface area contributed by atoms with E-state index in [1.54, 1.807) is 6.07 Å². The first-order valence-electron chi connectivity index (χ1n) is 7.75. The van der Waals surface area contributed by atoms with Crippen LogP contribution in [0.3, 0.4) is 0 Å². The zero-order valence-corrected chi connectivity index (χ0v) is 14.8. The Bertz CT molecular complexity index is 897. The van der Waals surface area contributed by atoms with Gasteiger partial charge < -0.3 is 20.7 Å². The molecule has 0 saturated carbocycles. The minimum Gasteiger partial charge on any atom is -0.394 e. The van der Waals surface area contributed by atoms with Gasteiger partial charge in [0.05, 0.1) is 18.3 Å². The first kappa shape index (κ1) is 17.4. The van der Waals surface area contributed by atoms with E-state index < -0.39 is 17.9 Å². The Morgan fingerprint density at radius 2 is 2.08 bits per heavy atom. The zero-order chi connectivity index (χ0) is 17.8. The summed E-state index contributed by atoms with van der Waals surface area (Å²) in [5.41, 5.74) is 2.05. The molecule has 1 heterocycles. The summed E-state index contributed by atoms with van der Waals surface area (Å²) >= 11 is 3.23. The predicted octanol–water partition coefficient (Wildman–Crippen LogP) is 3.79. The summed E-state index contributed by atoms with van der Waals surface area (Å²) in [5.74, 6) is -0.532. The maximum atomic E-state index is 13.7. The third-order valence-corrected chi connectivity index (χ3v) is 4.37. The van der Waals surface area contributed by atoms with Gasteiger partial charge in [-0.15, -0.1) is 0 Å². The molecule has 3 aromatic rings. The number of aromatic amines is 1. The van der Waals surface area contributed by atoms with E-state index in [-0.39, 0.29) is 12.3 Å². The summed E-state index contributed by atoms with van der Waals surface area (Å²) in [7, 11) is 0. The Kier molecular flexibility index (Phi) is 5.35. The highest BCUT2D eigenvalue weighted by molar-refractivity contribution is 9.10. The summed E-state index contributed by atoms with van der Waals surface area (Å²) < 4.78 is 14.4. The van der Waals surface area contributed by atoms with Crippen molar-refractivity contribution in [3.63, 3.8) is 0 Å². The second kappa shape index (κ2) is 7.67. The molecule has 0 fully saturated rings. The van der Waals surface area contributed by atoms with Crippen LogP contribution in [0.25, 0.3) is 10.9 Å². The summed E-state index contributed by atoms with van der Waals surface area (Å²) in [6.07, 6.45) is 2.32. The average molecular weight is 406 g/mol. The number of aliphatic hydroxyl groups excluding tert-OH is 1. The molecular formula is C18H17BrFN3O2. The molecule has 1 unspecified atom stereocenters. The maximum Gasteiger partial charge on any atom is 0.319 e. The molecule has 3 rings (SSSR count). The summed E-state index contributed by atoms with van der Waals surface area (Å²) in [4.78, 5) is 15.3. The monoisotopic (exact) mass is 405 g/mol. The van der Waals surface area contributed by atoms with Crippen LogP contribution in [0.1, 0.15) is 5.56 Å². The van der Waals surface area contributed by atoms with E-state index in [9.17, 15) is 14.3 Å². The van der Waals surface area contributed by atoms with Crippen molar-refractivity contribution >= 4 is 38.6 Å². The van der Waals surface area contributed by atoms with E-state index in [1.807, 2.05) is 30.5 Å². The Labute approximate surface area is 152 Å². The number of anilines is 1. The van der Waals surface area contributed by atoms with Crippen molar-refractivity contribution in [1.29, 1.82) is 0 Å². The van der Waals surface area contributed by atoms with E-state index >= 15 is 0 Å². The molecule has 0 aliphatic heterocycles. The van der Waals surface area contributed by atoms with Gasteiger partial charge in [-0.25, -0.2) is 9.18 Å². The number of carbonyl (C=O) groups excluding carboxylic acids is 1. The first-order chi connectivity index (χ1) is 12.1. The Balaban J connectivity index is 1.67. The lowest BCUT2D eigenvalue weighted by molar-refractivity contribution is 0.224. The molecule has 2 amide bonds. The molecule has 0 saturated heterocycles. The summed E-state index contributed by atoms with van der Waals surface area (Å²) in [6.45, 7) is -0.228. The van der Waals surface area contributed by atoms with Crippen molar-refractivity contribution in [1.82, 2.24) is 10.3 Å². The van der Waals surface area contributed by atoms with Crippen LogP contribution in [0.5, 0.6) is 0 Å². The normalized spacial score (nSPS) is 12.1. The number of aromatic nitrogens is 1. The van der Waals surface area contributed by atoms with E-state index in [1.165, 1.54) is 12.1 Å². The van der Waals surface area contributed by atoms with Crippen LogP contribution < -0.4 is 10.6 Å². The molecule has 0 radical (unpaired) electrons. The van der Waals surface area contributed by atoms with Gasteiger partial charge >= 0.3 is 6.03 Å². The second-order valence-corrected chi connectivity index (χ2v) is 6.58. The molecular weight excluding hydrogens is 389 g/mol. The minimum absolute atomic E-state index is 0.0654. The van der Waals surface area contributed by atoms with Crippen LogP contribution in [0, 0.1) is 5.82 Å². The minimum atomic E-state index is -0.573. The summed E-state index contributed by atoms with van der Waals surface area (Å²) in [5, 5.41) is 15.7. The third kappa shape index (κ3) is 4.18. The quantitative estimate of drug-likeness (QED) is 0.520. The number of halogens is 2.